The quantitative estimate of drug-likeness (QED) is 0.821. The van der Waals surface area contributed by atoms with Gasteiger partial charge in [-0.15, -0.1) is 0 Å². The zero-order valence-corrected chi connectivity index (χ0v) is 15.8. The van der Waals surface area contributed by atoms with E-state index < -0.39 is 21.5 Å². The number of fused-ring (bicyclic) bond motifs is 1. The summed E-state index contributed by atoms with van der Waals surface area (Å²) >= 11 is 5.91. The number of aromatic nitrogens is 1. The number of anilines is 1. The first-order valence-corrected chi connectivity index (χ1v) is 9.94. The third-order valence-corrected chi connectivity index (χ3v) is 6.03. The number of hydrogen-bond donors (Lipinski definition) is 1. The van der Waals surface area contributed by atoms with Crippen molar-refractivity contribution in [3.8, 4) is 11.6 Å². The molecule has 0 amide bonds. The predicted molar refractivity (Wildman–Crippen MR) is 97.0 cm³/mol. The lowest BCUT2D eigenvalue weighted by molar-refractivity contribution is -0.213. The van der Waals surface area contributed by atoms with Crippen molar-refractivity contribution in [3.63, 3.8) is 0 Å². The maximum Gasteiger partial charge on any atom is 0.265 e. The molecule has 2 aromatic rings. The molecule has 1 spiro atoms. The largest absolute Gasteiger partial charge is 0.858 e. The third kappa shape index (κ3) is 3.40. The van der Waals surface area contributed by atoms with Gasteiger partial charge in [-0.3, -0.25) is 9.71 Å². The first-order valence-electron chi connectivity index (χ1n) is 8.08. The van der Waals surface area contributed by atoms with Crippen molar-refractivity contribution >= 4 is 33.2 Å². The SMILES string of the molecule is COc1ccc(Cl)cc1S(=O)(=O)Nc1cnc2c(c1)C([O-])=NC1(CC1)CO2. The smallest absolute Gasteiger partial charge is 0.265 e. The molecule has 2 aliphatic rings. The number of halogens is 1. The van der Waals surface area contributed by atoms with Crippen LogP contribution in [0.25, 0.3) is 0 Å². The summed E-state index contributed by atoms with van der Waals surface area (Å²) < 4.78 is 38.6. The van der Waals surface area contributed by atoms with Crippen molar-refractivity contribution in [1.82, 2.24) is 4.98 Å². The minimum atomic E-state index is -4.02. The maximum atomic E-state index is 12.7. The van der Waals surface area contributed by atoms with Gasteiger partial charge in [-0.25, -0.2) is 13.4 Å². The third-order valence-electron chi connectivity index (χ3n) is 4.39. The second kappa shape index (κ2) is 6.28. The molecule has 4 rings (SSSR count). The van der Waals surface area contributed by atoms with Crippen LogP contribution in [0, 0.1) is 0 Å². The average Bonchev–Trinajstić information content (AvgIpc) is 3.41. The molecule has 0 bridgehead atoms. The molecular weight excluding hydrogens is 394 g/mol. The van der Waals surface area contributed by atoms with Gasteiger partial charge in [0.05, 0.1) is 24.5 Å². The molecule has 1 aromatic carbocycles. The van der Waals surface area contributed by atoms with Gasteiger partial charge >= 0.3 is 0 Å². The number of rotatable bonds is 4. The van der Waals surface area contributed by atoms with Crippen molar-refractivity contribution in [1.29, 1.82) is 0 Å². The monoisotopic (exact) mass is 408 g/mol. The van der Waals surface area contributed by atoms with E-state index in [9.17, 15) is 13.5 Å². The zero-order valence-electron chi connectivity index (χ0n) is 14.2. The average molecular weight is 409 g/mol. The lowest BCUT2D eigenvalue weighted by Crippen LogP contribution is -2.23. The van der Waals surface area contributed by atoms with Crippen molar-refractivity contribution in [2.75, 3.05) is 18.4 Å². The fraction of sp³-hybridized carbons (Fsp3) is 0.294. The molecule has 10 heteroatoms. The van der Waals surface area contributed by atoms with E-state index in [0.717, 1.165) is 12.8 Å². The summed E-state index contributed by atoms with van der Waals surface area (Å²) in [6.07, 6.45) is 2.87. The van der Waals surface area contributed by atoms with Gasteiger partial charge in [-0.05, 0) is 43.0 Å². The van der Waals surface area contributed by atoms with Crippen LogP contribution >= 0.6 is 11.6 Å². The molecule has 0 atom stereocenters. The molecule has 2 heterocycles. The maximum absolute atomic E-state index is 12.7. The molecule has 1 aliphatic heterocycles. The molecule has 1 fully saturated rings. The van der Waals surface area contributed by atoms with Crippen LogP contribution in [-0.2, 0) is 10.0 Å². The highest BCUT2D eigenvalue weighted by molar-refractivity contribution is 7.92. The highest BCUT2D eigenvalue weighted by Gasteiger charge is 2.44. The minimum absolute atomic E-state index is 0.106. The van der Waals surface area contributed by atoms with Gasteiger partial charge in [0.1, 0.15) is 17.3 Å². The van der Waals surface area contributed by atoms with E-state index in [2.05, 4.69) is 14.7 Å². The van der Waals surface area contributed by atoms with Crippen LogP contribution in [0.4, 0.5) is 5.69 Å². The Balaban J connectivity index is 1.69. The van der Waals surface area contributed by atoms with E-state index >= 15 is 0 Å². The summed E-state index contributed by atoms with van der Waals surface area (Å²) in [6.45, 7) is 0.295. The first kappa shape index (κ1) is 17.9. The topological polar surface area (TPSA) is 113 Å². The van der Waals surface area contributed by atoms with Crippen LogP contribution in [0.5, 0.6) is 11.6 Å². The molecule has 0 unspecified atom stereocenters. The van der Waals surface area contributed by atoms with Crippen molar-refractivity contribution in [2.45, 2.75) is 23.3 Å². The molecular formula is C17H15ClN3O5S-. The lowest BCUT2D eigenvalue weighted by Gasteiger charge is -2.15. The van der Waals surface area contributed by atoms with E-state index in [-0.39, 0.29) is 32.8 Å². The van der Waals surface area contributed by atoms with E-state index in [1.54, 1.807) is 0 Å². The summed E-state index contributed by atoms with van der Waals surface area (Å²) in [4.78, 5) is 8.12. The van der Waals surface area contributed by atoms with Gasteiger partial charge in [0.15, 0.2) is 0 Å². The van der Waals surface area contributed by atoms with Crippen LogP contribution in [0.3, 0.4) is 0 Å². The van der Waals surface area contributed by atoms with Gasteiger partial charge in [-0.1, -0.05) is 11.6 Å². The Morgan fingerprint density at radius 3 is 2.81 bits per heavy atom. The van der Waals surface area contributed by atoms with Crippen LogP contribution in [0.15, 0.2) is 40.4 Å². The van der Waals surface area contributed by atoms with Gasteiger partial charge in [0, 0.05) is 10.6 Å². The van der Waals surface area contributed by atoms with Gasteiger partial charge in [0.25, 0.3) is 10.0 Å². The van der Waals surface area contributed by atoms with Gasteiger partial charge in [0.2, 0.25) is 5.88 Å². The molecule has 1 saturated carbocycles. The second-order valence-electron chi connectivity index (χ2n) is 6.41. The van der Waals surface area contributed by atoms with Crippen LogP contribution < -0.4 is 19.3 Å². The summed E-state index contributed by atoms with van der Waals surface area (Å²) in [5.74, 6) is -0.176. The Kier molecular flexibility index (Phi) is 4.15. The Labute approximate surface area is 160 Å². The van der Waals surface area contributed by atoms with E-state index in [1.807, 2.05) is 0 Å². The summed E-state index contributed by atoms with van der Waals surface area (Å²) in [5.41, 5.74) is -0.224. The molecule has 0 saturated heterocycles. The Morgan fingerprint density at radius 1 is 1.33 bits per heavy atom. The number of ether oxygens (including phenoxy) is 2. The number of sulfonamides is 1. The molecule has 142 valence electrons. The molecule has 1 N–H and O–H groups in total. The number of pyridine rings is 1. The van der Waals surface area contributed by atoms with E-state index in [1.165, 1.54) is 37.6 Å². The van der Waals surface area contributed by atoms with Gasteiger partial charge in [-0.2, -0.15) is 0 Å². The number of benzene rings is 1. The van der Waals surface area contributed by atoms with E-state index in [4.69, 9.17) is 21.1 Å². The van der Waals surface area contributed by atoms with Crippen molar-refractivity contribution in [3.05, 3.63) is 41.0 Å². The Hall–Kier alpha value is -2.52. The minimum Gasteiger partial charge on any atom is -0.858 e. The Bertz CT molecular complexity index is 1050. The number of methoxy groups -OCH3 is 1. The van der Waals surface area contributed by atoms with Gasteiger partial charge < -0.3 is 14.6 Å². The van der Waals surface area contributed by atoms with Crippen LogP contribution in [0.2, 0.25) is 5.02 Å². The number of hydrogen-bond acceptors (Lipinski definition) is 7. The molecule has 1 aliphatic carbocycles. The Morgan fingerprint density at radius 2 is 2.11 bits per heavy atom. The summed E-state index contributed by atoms with van der Waals surface area (Å²) in [6, 6.07) is 5.62. The fourth-order valence-corrected chi connectivity index (χ4v) is 4.23. The number of aliphatic imine (C=N–C) groups is 1. The second-order valence-corrected chi connectivity index (χ2v) is 8.49. The first-order chi connectivity index (χ1) is 12.8. The number of nitrogens with one attached hydrogen (secondary N) is 1. The van der Waals surface area contributed by atoms with Crippen molar-refractivity contribution in [2.24, 2.45) is 4.99 Å². The van der Waals surface area contributed by atoms with Crippen LogP contribution in [0.1, 0.15) is 18.4 Å². The fourth-order valence-electron chi connectivity index (χ4n) is 2.76. The molecule has 8 nitrogen and oxygen atoms in total. The van der Waals surface area contributed by atoms with Crippen molar-refractivity contribution < 1.29 is 23.0 Å². The number of nitrogens with zero attached hydrogens (tertiary/aromatic N) is 2. The summed E-state index contributed by atoms with van der Waals surface area (Å²) in [5, 5.41) is 12.6. The standard InChI is InChI=1S/C17H16ClN3O5S/c1-25-13-3-2-10(18)6-14(13)27(23,24)21-11-7-12-15(22)20-17(4-5-17)9-26-16(12)19-8-11/h2-3,6-8,21H,4-5,9H2,1H3,(H,20,22)/p-1. The highest BCUT2D eigenvalue weighted by Crippen LogP contribution is 2.42. The zero-order chi connectivity index (χ0) is 19.2. The molecule has 1 aromatic heterocycles. The highest BCUT2D eigenvalue weighted by atomic mass is 35.5. The van der Waals surface area contributed by atoms with Crippen LogP contribution in [-0.4, -0.2) is 38.6 Å². The molecule has 0 radical (unpaired) electrons. The summed E-state index contributed by atoms with van der Waals surface area (Å²) in [7, 11) is -2.67. The van der Waals surface area contributed by atoms with E-state index in [0.29, 0.717) is 6.61 Å². The lowest BCUT2D eigenvalue weighted by atomic mass is 10.2. The molecule has 27 heavy (non-hydrogen) atoms. The normalized spacial score (nSPS) is 17.3. The predicted octanol–water partition coefficient (Wildman–Crippen LogP) is 1.58.